The van der Waals surface area contributed by atoms with E-state index in [1.165, 1.54) is 6.42 Å². The van der Waals surface area contributed by atoms with Crippen LogP contribution in [0.25, 0.3) is 0 Å². The van der Waals surface area contributed by atoms with Crippen LogP contribution in [0.5, 0.6) is 0 Å². The molecule has 2 atom stereocenters. The Bertz CT molecular complexity index is 221. The van der Waals surface area contributed by atoms with E-state index in [0.717, 1.165) is 0 Å². The van der Waals surface area contributed by atoms with E-state index in [-0.39, 0.29) is 23.0 Å². The molecule has 0 aromatic carbocycles. The number of carbonyl (C=O) groups is 1. The van der Waals surface area contributed by atoms with Crippen LogP contribution in [-0.4, -0.2) is 17.5 Å². The van der Waals surface area contributed by atoms with Gasteiger partial charge in [-0.15, -0.1) is 6.58 Å². The minimum Gasteiger partial charge on any atom is 0 e. The average molecular weight is 306 g/mol. The Balaban J connectivity index is -0.0000000816. The molecule has 0 saturated carbocycles. The fourth-order valence-corrected chi connectivity index (χ4v) is 0.602. The van der Waals surface area contributed by atoms with Crippen molar-refractivity contribution in [3.8, 4) is 0 Å². The molecule has 0 spiro atoms. The predicted octanol–water partition coefficient (Wildman–Crippen LogP) is 1.07. The number of aliphatic hydroxyl groups is 1. The van der Waals surface area contributed by atoms with Gasteiger partial charge in [0.2, 0.25) is 0 Å². The maximum absolute atomic E-state index is 9.84. The van der Waals surface area contributed by atoms with Crippen molar-refractivity contribution >= 4 is 6.29 Å². The SMILES string of the molecule is C=C[C@@H](C)[C@@H](O)[CH][CH][CH][CH]C=O.[C-]#[O+].[C-]#[O+].[C-]#[O+].[Fe]. The van der Waals surface area contributed by atoms with Crippen LogP contribution in [0.1, 0.15) is 6.92 Å². The molecule has 0 amide bonds. The van der Waals surface area contributed by atoms with E-state index in [1.54, 1.807) is 25.3 Å². The van der Waals surface area contributed by atoms with Crippen LogP contribution in [0.2, 0.25) is 0 Å². The zero-order valence-electron chi connectivity index (χ0n) is 10.3. The molecule has 0 saturated heterocycles. The monoisotopic (exact) mass is 306 g/mol. The van der Waals surface area contributed by atoms with Gasteiger partial charge >= 0.3 is 33.9 Å². The number of carbonyl (C=O) groups excluding carboxylic acids is 1. The first-order valence-electron chi connectivity index (χ1n) is 4.43. The summed E-state index contributed by atoms with van der Waals surface area (Å²) in [5.41, 5.74) is 0. The molecule has 0 aromatic heterocycles. The maximum atomic E-state index is 9.84. The molecule has 0 bridgehead atoms. The van der Waals surface area contributed by atoms with Gasteiger partial charge in [0.05, 0.1) is 6.10 Å². The smallest absolute Gasteiger partial charge is 0 e. The summed E-state index contributed by atoms with van der Waals surface area (Å²) < 4.78 is 22.5. The molecule has 0 aliphatic rings. The summed E-state index contributed by atoms with van der Waals surface area (Å²) >= 11 is 0. The van der Waals surface area contributed by atoms with Crippen LogP contribution in [0.15, 0.2) is 12.7 Å². The molecular weight excluding hydrogens is 292 g/mol. The van der Waals surface area contributed by atoms with Crippen molar-refractivity contribution in [1.29, 1.82) is 0 Å². The fourth-order valence-electron chi connectivity index (χ4n) is 0.602. The summed E-state index contributed by atoms with van der Waals surface area (Å²) in [6.07, 6.45) is 8.03. The van der Waals surface area contributed by atoms with Crippen LogP contribution < -0.4 is 0 Å². The van der Waals surface area contributed by atoms with E-state index in [2.05, 4.69) is 26.5 Å². The largest absolute Gasteiger partial charge is 0 e. The quantitative estimate of drug-likeness (QED) is 0.190. The Labute approximate surface area is 125 Å². The van der Waals surface area contributed by atoms with Gasteiger partial charge < -0.3 is 9.90 Å². The first-order valence-corrected chi connectivity index (χ1v) is 4.43. The first kappa shape index (κ1) is 30.8. The molecule has 0 fully saturated rings. The molecule has 0 heterocycles. The van der Waals surface area contributed by atoms with Crippen molar-refractivity contribution in [2.75, 3.05) is 0 Å². The number of aliphatic hydroxyl groups excluding tert-OH is 1. The minimum atomic E-state index is -0.529. The van der Waals surface area contributed by atoms with Gasteiger partial charge in [0, 0.05) is 23.5 Å². The number of aldehydes is 1. The Kier molecular flexibility index (Phi) is 58.4. The summed E-state index contributed by atoms with van der Waals surface area (Å²) in [5.74, 6) is 0.0332. The third kappa shape index (κ3) is 31.6. The fraction of sp³-hybridized carbons (Fsp3) is 0.231. The van der Waals surface area contributed by atoms with E-state index in [1.807, 2.05) is 6.92 Å². The third-order valence-electron chi connectivity index (χ3n) is 1.52. The number of hydrogen-bond donors (Lipinski definition) is 1. The minimum absolute atomic E-state index is 0. The van der Waals surface area contributed by atoms with Crippen LogP contribution in [0.3, 0.4) is 0 Å². The second-order valence-corrected chi connectivity index (χ2v) is 2.49. The molecular formula is C13H14FeO5. The van der Waals surface area contributed by atoms with Gasteiger partial charge in [-0.05, 0) is 25.2 Å². The van der Waals surface area contributed by atoms with Gasteiger partial charge in [-0.25, -0.2) is 0 Å². The molecule has 0 unspecified atom stereocenters. The van der Waals surface area contributed by atoms with Gasteiger partial charge in [0.25, 0.3) is 0 Å². The third-order valence-corrected chi connectivity index (χ3v) is 1.52. The van der Waals surface area contributed by atoms with Crippen LogP contribution in [-0.2, 0) is 35.8 Å². The van der Waals surface area contributed by atoms with Crippen LogP contribution in [0.4, 0.5) is 0 Å². The molecule has 19 heavy (non-hydrogen) atoms. The zero-order valence-corrected chi connectivity index (χ0v) is 11.4. The van der Waals surface area contributed by atoms with E-state index < -0.39 is 6.10 Å². The van der Waals surface area contributed by atoms with Crippen molar-refractivity contribution in [2.24, 2.45) is 5.92 Å². The number of rotatable bonds is 7. The van der Waals surface area contributed by atoms with Gasteiger partial charge in [0.1, 0.15) is 6.29 Å². The zero-order chi connectivity index (χ0) is 15.4. The predicted molar refractivity (Wildman–Crippen MR) is 60.4 cm³/mol. The molecule has 0 aliphatic heterocycles. The standard InChI is InChI=1S/C10H14O2.3CO.Fe/c1-3-9(2)10(12)7-5-4-6-8-11;3*1-2;/h3-10,12H,1H2,2H3;;;;/t9-,10+;;;;/m1..../s1. The van der Waals surface area contributed by atoms with E-state index in [4.69, 9.17) is 14.0 Å². The second kappa shape index (κ2) is 36.0. The van der Waals surface area contributed by atoms with Crippen molar-refractivity contribution in [2.45, 2.75) is 13.0 Å². The summed E-state index contributed by atoms with van der Waals surface area (Å²) in [5, 5.41) is 9.34. The Morgan fingerprint density at radius 1 is 1.05 bits per heavy atom. The molecule has 104 valence electrons. The summed E-state index contributed by atoms with van der Waals surface area (Å²) in [4.78, 5) is 9.84. The van der Waals surface area contributed by atoms with Crippen molar-refractivity contribution in [3.63, 3.8) is 0 Å². The van der Waals surface area contributed by atoms with Gasteiger partial charge in [0.15, 0.2) is 0 Å². The molecule has 0 aliphatic carbocycles. The molecule has 1 N–H and O–H groups in total. The maximum Gasteiger partial charge on any atom is 0 e. The van der Waals surface area contributed by atoms with Crippen LogP contribution >= 0.6 is 0 Å². The molecule has 4 radical (unpaired) electrons. The van der Waals surface area contributed by atoms with E-state index >= 15 is 0 Å². The summed E-state index contributed by atoms with van der Waals surface area (Å²) in [7, 11) is 0. The molecule has 5 nitrogen and oxygen atoms in total. The van der Waals surface area contributed by atoms with Gasteiger partial charge in [-0.2, -0.15) is 0 Å². The molecule has 6 heteroatoms. The van der Waals surface area contributed by atoms with Crippen molar-refractivity contribution in [3.05, 3.63) is 58.3 Å². The Morgan fingerprint density at radius 3 is 1.79 bits per heavy atom. The van der Waals surface area contributed by atoms with E-state index in [0.29, 0.717) is 6.29 Å². The molecule has 0 rings (SSSR count). The summed E-state index contributed by atoms with van der Waals surface area (Å²) in [6, 6.07) is 0. The van der Waals surface area contributed by atoms with Crippen LogP contribution in [0, 0.1) is 51.6 Å². The summed E-state index contributed by atoms with van der Waals surface area (Å²) in [6.45, 7) is 18.9. The number of hydrogen-bond acceptors (Lipinski definition) is 2. The number of unbranched alkanes of at least 4 members (excludes halogenated alkanes) is 2. The van der Waals surface area contributed by atoms with Crippen molar-refractivity contribution in [1.82, 2.24) is 0 Å². The molecule has 0 aromatic rings. The Morgan fingerprint density at radius 2 is 1.47 bits per heavy atom. The first-order chi connectivity index (χ1) is 8.72. The Hall–Kier alpha value is -0.891. The van der Waals surface area contributed by atoms with Crippen molar-refractivity contribution < 1.29 is 40.9 Å². The normalized spacial score (nSPS) is 9.89. The topological polar surface area (TPSA) is 97.0 Å². The average Bonchev–Trinajstić information content (AvgIpc) is 2.48. The van der Waals surface area contributed by atoms with Gasteiger partial charge in [-0.3, -0.25) is 0 Å². The van der Waals surface area contributed by atoms with E-state index in [9.17, 15) is 9.90 Å². The second-order valence-electron chi connectivity index (χ2n) is 2.49. The van der Waals surface area contributed by atoms with Gasteiger partial charge in [-0.1, -0.05) is 13.0 Å².